The molecule has 0 unspecified atom stereocenters. The van der Waals surface area contributed by atoms with Gasteiger partial charge in [0.1, 0.15) is 0 Å². The molecule has 1 aromatic heterocycles. The highest BCUT2D eigenvalue weighted by atomic mass is 16.5. The maximum atomic E-state index is 8.80. The van der Waals surface area contributed by atoms with Gasteiger partial charge in [0.25, 0.3) is 0 Å². The second kappa shape index (κ2) is 5.98. The standard InChI is InChI=1S/C13H20N4O/c1-18-7-6-15-8-12-9-17(11-16-12)10-13(2-3-13)4-5-14/h9,11,15H,2-4,6-8,10H2,1H3. The van der Waals surface area contributed by atoms with Crippen LogP contribution in [-0.2, 0) is 17.8 Å². The van der Waals surface area contributed by atoms with Crippen LogP contribution in [0.4, 0.5) is 0 Å². The fraction of sp³-hybridized carbons (Fsp3) is 0.692. The Morgan fingerprint density at radius 2 is 2.44 bits per heavy atom. The Labute approximate surface area is 108 Å². The third kappa shape index (κ3) is 3.56. The first kappa shape index (κ1) is 13.1. The summed E-state index contributed by atoms with van der Waals surface area (Å²) in [5, 5.41) is 12.1. The van der Waals surface area contributed by atoms with Crippen LogP contribution < -0.4 is 5.32 Å². The van der Waals surface area contributed by atoms with Gasteiger partial charge in [-0.1, -0.05) is 0 Å². The molecule has 0 amide bonds. The van der Waals surface area contributed by atoms with E-state index in [2.05, 4.69) is 27.1 Å². The van der Waals surface area contributed by atoms with Crippen LogP contribution in [0.2, 0.25) is 0 Å². The average molecular weight is 248 g/mol. The van der Waals surface area contributed by atoms with Crippen molar-refractivity contribution in [3.8, 4) is 6.07 Å². The second-order valence-electron chi connectivity index (χ2n) is 5.04. The summed E-state index contributed by atoms with van der Waals surface area (Å²) in [6.07, 6.45) is 6.93. The maximum absolute atomic E-state index is 8.80. The van der Waals surface area contributed by atoms with E-state index in [0.29, 0.717) is 13.0 Å². The number of hydrogen-bond acceptors (Lipinski definition) is 4. The van der Waals surface area contributed by atoms with E-state index in [-0.39, 0.29) is 5.41 Å². The monoisotopic (exact) mass is 248 g/mol. The van der Waals surface area contributed by atoms with E-state index < -0.39 is 0 Å². The molecule has 1 aromatic rings. The van der Waals surface area contributed by atoms with E-state index in [1.54, 1.807) is 7.11 Å². The molecule has 1 fully saturated rings. The number of methoxy groups -OCH3 is 1. The van der Waals surface area contributed by atoms with Crippen molar-refractivity contribution < 1.29 is 4.74 Å². The lowest BCUT2D eigenvalue weighted by atomic mass is 10.0. The number of nitriles is 1. The first-order chi connectivity index (χ1) is 8.78. The first-order valence-corrected chi connectivity index (χ1v) is 6.35. The highest BCUT2D eigenvalue weighted by Gasteiger charge is 2.42. The lowest BCUT2D eigenvalue weighted by Crippen LogP contribution is -2.18. The van der Waals surface area contributed by atoms with Gasteiger partial charge in [-0.25, -0.2) is 4.98 Å². The largest absolute Gasteiger partial charge is 0.383 e. The summed E-state index contributed by atoms with van der Waals surface area (Å²) in [5.74, 6) is 0. The molecule has 0 spiro atoms. The van der Waals surface area contributed by atoms with Crippen LogP contribution in [0.25, 0.3) is 0 Å². The number of aromatic nitrogens is 2. The lowest BCUT2D eigenvalue weighted by molar-refractivity contribution is 0.199. The molecule has 0 saturated heterocycles. The number of hydrogen-bond donors (Lipinski definition) is 1. The topological polar surface area (TPSA) is 62.9 Å². The molecule has 1 aliphatic carbocycles. The maximum Gasteiger partial charge on any atom is 0.0950 e. The molecule has 0 aliphatic heterocycles. The summed E-state index contributed by atoms with van der Waals surface area (Å²) in [7, 11) is 1.70. The second-order valence-corrected chi connectivity index (χ2v) is 5.04. The van der Waals surface area contributed by atoms with Crippen LogP contribution in [0, 0.1) is 16.7 Å². The zero-order valence-corrected chi connectivity index (χ0v) is 10.9. The lowest BCUT2D eigenvalue weighted by Gasteiger charge is -2.10. The van der Waals surface area contributed by atoms with Gasteiger partial charge in [0.05, 0.1) is 24.7 Å². The smallest absolute Gasteiger partial charge is 0.0950 e. The number of imidazole rings is 1. The minimum Gasteiger partial charge on any atom is -0.383 e. The van der Waals surface area contributed by atoms with Crippen molar-refractivity contribution in [1.29, 1.82) is 5.26 Å². The van der Waals surface area contributed by atoms with E-state index in [1.165, 1.54) is 12.8 Å². The minimum absolute atomic E-state index is 0.232. The van der Waals surface area contributed by atoms with Gasteiger partial charge in [0.2, 0.25) is 0 Å². The zero-order valence-electron chi connectivity index (χ0n) is 10.9. The molecule has 0 atom stereocenters. The molecule has 1 aliphatic rings. The average Bonchev–Trinajstić information content (AvgIpc) is 2.96. The summed E-state index contributed by atoms with van der Waals surface area (Å²) in [5.41, 5.74) is 1.27. The predicted octanol–water partition coefficient (Wildman–Crippen LogP) is 1.31. The molecule has 5 heteroatoms. The van der Waals surface area contributed by atoms with Crippen LogP contribution in [-0.4, -0.2) is 29.8 Å². The highest BCUT2D eigenvalue weighted by Crippen LogP contribution is 2.49. The Balaban J connectivity index is 1.78. The molecule has 0 radical (unpaired) electrons. The minimum atomic E-state index is 0.232. The number of nitrogens with one attached hydrogen (secondary N) is 1. The molecule has 98 valence electrons. The molecular weight excluding hydrogens is 228 g/mol. The van der Waals surface area contributed by atoms with E-state index >= 15 is 0 Å². The molecule has 1 heterocycles. The summed E-state index contributed by atoms with van der Waals surface area (Å²) < 4.78 is 7.08. The Morgan fingerprint density at radius 1 is 1.61 bits per heavy atom. The zero-order chi connectivity index (χ0) is 12.8. The van der Waals surface area contributed by atoms with Crippen molar-refractivity contribution in [2.75, 3.05) is 20.3 Å². The van der Waals surface area contributed by atoms with E-state index in [4.69, 9.17) is 10.00 Å². The van der Waals surface area contributed by atoms with Crippen molar-refractivity contribution in [1.82, 2.24) is 14.9 Å². The van der Waals surface area contributed by atoms with Crippen LogP contribution in [0.1, 0.15) is 25.0 Å². The van der Waals surface area contributed by atoms with Crippen molar-refractivity contribution in [3.05, 3.63) is 18.2 Å². The summed E-state index contributed by atoms with van der Waals surface area (Å²) in [4.78, 5) is 4.36. The van der Waals surface area contributed by atoms with Crippen molar-refractivity contribution in [2.45, 2.75) is 32.4 Å². The Bertz CT molecular complexity index is 417. The van der Waals surface area contributed by atoms with Gasteiger partial charge < -0.3 is 14.6 Å². The van der Waals surface area contributed by atoms with Gasteiger partial charge in [-0.05, 0) is 12.8 Å². The third-order valence-electron chi connectivity index (χ3n) is 3.40. The van der Waals surface area contributed by atoms with Gasteiger partial charge >= 0.3 is 0 Å². The van der Waals surface area contributed by atoms with Gasteiger partial charge in [-0.3, -0.25) is 0 Å². The van der Waals surface area contributed by atoms with Gasteiger partial charge in [-0.2, -0.15) is 5.26 Å². The molecule has 18 heavy (non-hydrogen) atoms. The number of nitrogens with zero attached hydrogens (tertiary/aromatic N) is 3. The summed E-state index contributed by atoms with van der Waals surface area (Å²) in [6, 6.07) is 2.29. The van der Waals surface area contributed by atoms with Crippen molar-refractivity contribution in [2.24, 2.45) is 5.41 Å². The summed E-state index contributed by atoms with van der Waals surface area (Å²) >= 11 is 0. The third-order valence-corrected chi connectivity index (χ3v) is 3.40. The van der Waals surface area contributed by atoms with Crippen molar-refractivity contribution >= 4 is 0 Å². The SMILES string of the molecule is COCCNCc1cn(CC2(CC#N)CC2)cn1. The first-order valence-electron chi connectivity index (χ1n) is 6.35. The van der Waals surface area contributed by atoms with E-state index in [1.807, 2.05) is 6.33 Å². The molecule has 5 nitrogen and oxygen atoms in total. The molecule has 1 N–H and O–H groups in total. The fourth-order valence-corrected chi connectivity index (χ4v) is 2.10. The normalized spacial score (nSPS) is 16.4. The predicted molar refractivity (Wildman–Crippen MR) is 67.7 cm³/mol. The van der Waals surface area contributed by atoms with E-state index in [0.717, 1.165) is 25.3 Å². The molecule has 0 aromatic carbocycles. The van der Waals surface area contributed by atoms with Crippen LogP contribution in [0.3, 0.4) is 0 Å². The number of ether oxygens (including phenoxy) is 1. The van der Waals surface area contributed by atoms with Gasteiger partial charge in [-0.15, -0.1) is 0 Å². The van der Waals surface area contributed by atoms with Gasteiger partial charge in [0, 0.05) is 44.8 Å². The Kier molecular flexibility index (Phi) is 4.34. The fourth-order valence-electron chi connectivity index (χ4n) is 2.10. The molecular formula is C13H20N4O. The molecule has 0 bridgehead atoms. The van der Waals surface area contributed by atoms with Crippen LogP contribution in [0.15, 0.2) is 12.5 Å². The highest BCUT2D eigenvalue weighted by molar-refractivity contribution is 5.02. The Hall–Kier alpha value is -1.38. The van der Waals surface area contributed by atoms with Crippen molar-refractivity contribution in [3.63, 3.8) is 0 Å². The van der Waals surface area contributed by atoms with Crippen LogP contribution >= 0.6 is 0 Å². The van der Waals surface area contributed by atoms with Gasteiger partial charge in [0.15, 0.2) is 0 Å². The number of rotatable bonds is 8. The molecule has 1 saturated carbocycles. The quantitative estimate of drug-likeness (QED) is 0.705. The Morgan fingerprint density at radius 3 is 3.11 bits per heavy atom. The van der Waals surface area contributed by atoms with Crippen LogP contribution in [0.5, 0.6) is 0 Å². The summed E-state index contributed by atoms with van der Waals surface area (Å²) in [6.45, 7) is 3.24. The van der Waals surface area contributed by atoms with E-state index in [9.17, 15) is 0 Å². The molecule has 2 rings (SSSR count).